The average molecular weight is 277 g/mol. The summed E-state index contributed by atoms with van der Waals surface area (Å²) in [7, 11) is 0. The van der Waals surface area contributed by atoms with Crippen molar-refractivity contribution < 1.29 is 14.7 Å². The van der Waals surface area contributed by atoms with Gasteiger partial charge in [-0.3, -0.25) is 4.79 Å². The largest absolute Gasteiger partial charge is 0.480 e. The van der Waals surface area contributed by atoms with E-state index in [0.29, 0.717) is 6.54 Å². The molecule has 1 atom stereocenters. The van der Waals surface area contributed by atoms with Crippen molar-refractivity contribution in [2.75, 3.05) is 12.3 Å². The summed E-state index contributed by atoms with van der Waals surface area (Å²) in [5.41, 5.74) is 5.68. The predicted octanol–water partition coefficient (Wildman–Crippen LogP) is 1.38. The Labute approximate surface area is 117 Å². The molecule has 6 heteroatoms. The molecule has 1 saturated heterocycles. The van der Waals surface area contributed by atoms with Crippen LogP contribution in [0, 0.1) is 5.41 Å². The van der Waals surface area contributed by atoms with Crippen molar-refractivity contribution in [2.24, 2.45) is 5.41 Å². The van der Waals surface area contributed by atoms with E-state index in [-0.39, 0.29) is 11.4 Å². The van der Waals surface area contributed by atoms with E-state index in [1.807, 2.05) is 13.8 Å². The van der Waals surface area contributed by atoms with Crippen molar-refractivity contribution in [3.05, 3.63) is 24.0 Å². The fourth-order valence-electron chi connectivity index (χ4n) is 2.81. The van der Waals surface area contributed by atoms with Crippen LogP contribution in [0.2, 0.25) is 0 Å². The van der Waals surface area contributed by atoms with Gasteiger partial charge in [0.25, 0.3) is 5.91 Å². The van der Waals surface area contributed by atoms with Gasteiger partial charge in [-0.05, 0) is 30.4 Å². The first kappa shape index (κ1) is 14.3. The van der Waals surface area contributed by atoms with Crippen LogP contribution in [0.5, 0.6) is 0 Å². The summed E-state index contributed by atoms with van der Waals surface area (Å²) in [5.74, 6) is -1.40. The Kier molecular flexibility index (Phi) is 3.65. The molecule has 2 rings (SSSR count). The highest BCUT2D eigenvalue weighted by Crippen LogP contribution is 2.36. The molecule has 1 amide bonds. The summed E-state index contributed by atoms with van der Waals surface area (Å²) < 4.78 is 0. The van der Waals surface area contributed by atoms with Crippen LogP contribution in [-0.2, 0) is 4.79 Å². The van der Waals surface area contributed by atoms with E-state index in [1.165, 1.54) is 11.1 Å². The maximum absolute atomic E-state index is 12.5. The molecule has 6 nitrogen and oxygen atoms in total. The minimum atomic E-state index is -0.988. The fraction of sp³-hybridized carbons (Fsp3) is 0.500. The van der Waals surface area contributed by atoms with Crippen LogP contribution < -0.4 is 5.73 Å². The maximum atomic E-state index is 12.5. The number of carbonyl (C=O) groups is 2. The minimum Gasteiger partial charge on any atom is -0.480 e. The molecule has 0 radical (unpaired) electrons. The molecule has 1 aliphatic heterocycles. The van der Waals surface area contributed by atoms with E-state index in [2.05, 4.69) is 4.98 Å². The highest BCUT2D eigenvalue weighted by Gasteiger charge is 2.45. The Morgan fingerprint density at radius 2 is 2.20 bits per heavy atom. The summed E-state index contributed by atoms with van der Waals surface area (Å²) in [6.45, 7) is 4.15. The molecule has 2 heterocycles. The van der Waals surface area contributed by atoms with Gasteiger partial charge >= 0.3 is 5.97 Å². The van der Waals surface area contributed by atoms with Gasteiger partial charge in [0.05, 0.1) is 5.69 Å². The Morgan fingerprint density at radius 1 is 1.50 bits per heavy atom. The summed E-state index contributed by atoms with van der Waals surface area (Å²) >= 11 is 0. The number of amides is 1. The molecule has 20 heavy (non-hydrogen) atoms. The summed E-state index contributed by atoms with van der Waals surface area (Å²) in [6.07, 6.45) is 3.02. The standard InChI is InChI=1S/C14H19N3O3/c1-14(2)6-4-8-17(11(14)13(19)20)12(18)10-9(15)5-3-7-16-10/h3,5,7,11H,4,6,8,15H2,1-2H3,(H,19,20). The number of carboxylic acids is 1. The van der Waals surface area contributed by atoms with Gasteiger partial charge in [0, 0.05) is 12.7 Å². The maximum Gasteiger partial charge on any atom is 0.326 e. The van der Waals surface area contributed by atoms with Gasteiger partial charge < -0.3 is 15.7 Å². The number of rotatable bonds is 2. The summed E-state index contributed by atoms with van der Waals surface area (Å²) in [4.78, 5) is 29.5. The number of pyridine rings is 1. The number of nitrogens with two attached hydrogens (primary N) is 1. The first-order valence-electron chi connectivity index (χ1n) is 6.59. The first-order valence-corrected chi connectivity index (χ1v) is 6.59. The van der Waals surface area contributed by atoms with Crippen LogP contribution in [0.1, 0.15) is 37.2 Å². The van der Waals surface area contributed by atoms with Crippen molar-refractivity contribution >= 4 is 17.6 Å². The highest BCUT2D eigenvalue weighted by molar-refractivity contribution is 5.99. The second kappa shape index (κ2) is 5.11. The highest BCUT2D eigenvalue weighted by atomic mass is 16.4. The molecule has 1 fully saturated rings. The molecule has 0 bridgehead atoms. The number of piperidine rings is 1. The fourth-order valence-corrected chi connectivity index (χ4v) is 2.81. The first-order chi connectivity index (χ1) is 9.34. The molecule has 0 aliphatic carbocycles. The molecular weight excluding hydrogens is 258 g/mol. The predicted molar refractivity (Wildman–Crippen MR) is 74.1 cm³/mol. The summed E-state index contributed by atoms with van der Waals surface area (Å²) in [5, 5.41) is 9.46. The van der Waals surface area contributed by atoms with Crippen LogP contribution in [-0.4, -0.2) is 39.5 Å². The van der Waals surface area contributed by atoms with Crippen LogP contribution in [0.4, 0.5) is 5.69 Å². The van der Waals surface area contributed by atoms with Crippen molar-refractivity contribution in [1.82, 2.24) is 9.88 Å². The molecule has 1 aromatic rings. The number of nitrogens with zero attached hydrogens (tertiary/aromatic N) is 2. The van der Waals surface area contributed by atoms with Gasteiger partial charge in [-0.25, -0.2) is 9.78 Å². The van der Waals surface area contributed by atoms with E-state index in [1.54, 1.807) is 12.1 Å². The zero-order valence-electron chi connectivity index (χ0n) is 11.7. The third-order valence-electron chi connectivity index (χ3n) is 3.81. The summed E-state index contributed by atoms with van der Waals surface area (Å²) in [6, 6.07) is 2.37. The zero-order valence-corrected chi connectivity index (χ0v) is 11.7. The second-order valence-electron chi connectivity index (χ2n) is 5.77. The molecule has 3 N–H and O–H groups in total. The van der Waals surface area contributed by atoms with Gasteiger partial charge in [0.15, 0.2) is 5.69 Å². The lowest BCUT2D eigenvalue weighted by atomic mass is 9.76. The van der Waals surface area contributed by atoms with Gasteiger partial charge in [0.2, 0.25) is 0 Å². The van der Waals surface area contributed by atoms with Gasteiger partial charge in [-0.1, -0.05) is 13.8 Å². The Hall–Kier alpha value is -2.11. The van der Waals surface area contributed by atoms with Crippen molar-refractivity contribution in [1.29, 1.82) is 0 Å². The van der Waals surface area contributed by atoms with E-state index in [9.17, 15) is 14.7 Å². The molecule has 1 aromatic heterocycles. The van der Waals surface area contributed by atoms with Crippen molar-refractivity contribution in [3.63, 3.8) is 0 Å². The van der Waals surface area contributed by atoms with Gasteiger partial charge in [-0.2, -0.15) is 0 Å². The topological polar surface area (TPSA) is 96.5 Å². The number of aliphatic carboxylic acids is 1. The zero-order chi connectivity index (χ0) is 14.9. The smallest absolute Gasteiger partial charge is 0.326 e. The molecule has 108 valence electrons. The SMILES string of the molecule is CC1(C)CCCN(C(=O)c2ncccc2N)C1C(=O)O. The van der Waals surface area contributed by atoms with E-state index in [4.69, 9.17) is 5.73 Å². The normalized spacial score (nSPS) is 21.5. The van der Waals surface area contributed by atoms with Crippen LogP contribution in [0.25, 0.3) is 0 Å². The molecule has 0 spiro atoms. The average Bonchev–Trinajstić information content (AvgIpc) is 2.36. The number of carboxylic acid groups (broad SMARTS) is 1. The van der Waals surface area contributed by atoms with Crippen LogP contribution >= 0.6 is 0 Å². The molecule has 1 unspecified atom stereocenters. The molecule has 1 aliphatic rings. The van der Waals surface area contributed by atoms with Crippen LogP contribution in [0.15, 0.2) is 18.3 Å². The third kappa shape index (κ3) is 2.45. The van der Waals surface area contributed by atoms with Crippen molar-refractivity contribution in [3.8, 4) is 0 Å². The number of nitrogen functional groups attached to an aromatic ring is 1. The monoisotopic (exact) mass is 277 g/mol. The second-order valence-corrected chi connectivity index (χ2v) is 5.77. The number of likely N-dealkylation sites (tertiary alicyclic amines) is 1. The van der Waals surface area contributed by atoms with Crippen LogP contribution in [0.3, 0.4) is 0 Å². The lowest BCUT2D eigenvalue weighted by Crippen LogP contribution is -2.56. The number of hydrogen-bond donors (Lipinski definition) is 2. The lowest BCUT2D eigenvalue weighted by Gasteiger charge is -2.43. The molecule has 0 saturated carbocycles. The van der Waals surface area contributed by atoms with E-state index in [0.717, 1.165) is 12.8 Å². The third-order valence-corrected chi connectivity index (χ3v) is 3.81. The van der Waals surface area contributed by atoms with Gasteiger partial charge in [-0.15, -0.1) is 0 Å². The molecule has 0 aromatic carbocycles. The van der Waals surface area contributed by atoms with Crippen molar-refractivity contribution in [2.45, 2.75) is 32.7 Å². The number of anilines is 1. The number of carbonyl (C=O) groups excluding carboxylic acids is 1. The number of aromatic nitrogens is 1. The molecular formula is C14H19N3O3. The Bertz CT molecular complexity index is 542. The van der Waals surface area contributed by atoms with E-state index >= 15 is 0 Å². The Morgan fingerprint density at radius 3 is 2.80 bits per heavy atom. The lowest BCUT2D eigenvalue weighted by molar-refractivity contribution is -0.148. The van der Waals surface area contributed by atoms with E-state index < -0.39 is 23.3 Å². The quantitative estimate of drug-likeness (QED) is 0.851. The Balaban J connectivity index is 2.37. The number of hydrogen-bond acceptors (Lipinski definition) is 4. The minimum absolute atomic E-state index is 0.122. The van der Waals surface area contributed by atoms with Gasteiger partial charge in [0.1, 0.15) is 6.04 Å².